The van der Waals surface area contributed by atoms with Gasteiger partial charge in [0, 0.05) is 6.42 Å². The average Bonchev–Trinajstić information content (AvgIpc) is 2.57. The van der Waals surface area contributed by atoms with Crippen LogP contribution < -0.4 is 0 Å². The third kappa shape index (κ3) is 14.9. The molecule has 0 fully saturated rings. The minimum Gasteiger partial charge on any atom is -0.481 e. The Hall–Kier alpha value is -1.43. The molecule has 0 bridgehead atoms. The lowest BCUT2D eigenvalue weighted by molar-refractivity contribution is -0.137. The maximum Gasteiger partial charge on any atom is 0.303 e. The maximum absolute atomic E-state index is 10.4. The first-order valence-electron chi connectivity index (χ1n) is 9.58. The van der Waals surface area contributed by atoms with Crippen molar-refractivity contribution in [2.45, 2.75) is 89.4 Å². The van der Waals surface area contributed by atoms with Gasteiger partial charge >= 0.3 is 5.97 Å². The summed E-state index contributed by atoms with van der Waals surface area (Å²) < 4.78 is 0. The van der Waals surface area contributed by atoms with E-state index in [2.05, 4.69) is 19.1 Å². The Balaban J connectivity index is 4.11. The van der Waals surface area contributed by atoms with Crippen molar-refractivity contribution in [1.82, 2.24) is 0 Å². The van der Waals surface area contributed by atoms with Crippen LogP contribution in [0, 0.1) is 0 Å². The van der Waals surface area contributed by atoms with E-state index < -0.39 is 23.8 Å². The summed E-state index contributed by atoms with van der Waals surface area (Å²) in [7, 11) is 0. The molecule has 0 saturated heterocycles. The summed E-state index contributed by atoms with van der Waals surface area (Å²) in [5.41, 5.74) is -1.11. The first kappa shape index (κ1) is 24.6. The van der Waals surface area contributed by atoms with Crippen LogP contribution in [0.1, 0.15) is 71.6 Å². The standard InChI is InChI=1S/C21H36O5/c1-3-4-5-6-7-8-9-10-11-16-21(2,26)17-15-19(23)18(22)13-12-14-20(24)25/h7-8,10-11,15,17-19,22-23,26H,3-6,9,12-14,16H2,1-2H3,(H,24,25)/b8-7-,11-10-,17-15+. The van der Waals surface area contributed by atoms with E-state index in [1.54, 1.807) is 6.92 Å². The Morgan fingerprint density at radius 2 is 1.77 bits per heavy atom. The molecule has 0 aliphatic rings. The first-order valence-corrected chi connectivity index (χ1v) is 9.58. The van der Waals surface area contributed by atoms with Gasteiger partial charge in [-0.15, -0.1) is 0 Å². The molecule has 0 aliphatic carbocycles. The van der Waals surface area contributed by atoms with Gasteiger partial charge in [0.25, 0.3) is 0 Å². The average molecular weight is 369 g/mol. The lowest BCUT2D eigenvalue weighted by Gasteiger charge is -2.19. The highest BCUT2D eigenvalue weighted by atomic mass is 16.4. The molecule has 0 heterocycles. The summed E-state index contributed by atoms with van der Waals surface area (Å²) in [4.78, 5) is 10.4. The molecule has 150 valence electrons. The predicted octanol–water partition coefficient (Wildman–Crippen LogP) is 3.74. The Bertz CT molecular complexity index is 451. The highest BCUT2D eigenvalue weighted by Crippen LogP contribution is 2.14. The number of carbonyl (C=O) groups is 1. The molecule has 0 aromatic rings. The van der Waals surface area contributed by atoms with E-state index in [1.807, 2.05) is 12.2 Å². The van der Waals surface area contributed by atoms with Crippen LogP contribution in [-0.4, -0.2) is 44.2 Å². The Morgan fingerprint density at radius 3 is 2.42 bits per heavy atom. The zero-order valence-corrected chi connectivity index (χ0v) is 16.2. The normalized spacial score (nSPS) is 17.1. The molecule has 5 heteroatoms. The third-order valence-electron chi connectivity index (χ3n) is 4.05. The summed E-state index contributed by atoms with van der Waals surface area (Å²) in [6.45, 7) is 3.82. The van der Waals surface area contributed by atoms with Crippen molar-refractivity contribution >= 4 is 5.97 Å². The van der Waals surface area contributed by atoms with Crippen molar-refractivity contribution in [3.63, 3.8) is 0 Å². The molecular weight excluding hydrogens is 332 g/mol. The molecule has 0 spiro atoms. The molecule has 3 unspecified atom stereocenters. The van der Waals surface area contributed by atoms with Gasteiger partial charge in [0.2, 0.25) is 0 Å². The number of hydrogen-bond acceptors (Lipinski definition) is 4. The molecule has 0 radical (unpaired) electrons. The highest BCUT2D eigenvalue weighted by molar-refractivity contribution is 5.66. The monoisotopic (exact) mass is 368 g/mol. The molecule has 0 rings (SSSR count). The second kappa shape index (κ2) is 14.7. The summed E-state index contributed by atoms with van der Waals surface area (Å²) in [5, 5.41) is 38.5. The number of aliphatic hydroxyl groups excluding tert-OH is 2. The third-order valence-corrected chi connectivity index (χ3v) is 4.05. The fourth-order valence-electron chi connectivity index (χ4n) is 2.36. The van der Waals surface area contributed by atoms with Crippen LogP contribution in [0.5, 0.6) is 0 Å². The number of aliphatic hydroxyl groups is 3. The lowest BCUT2D eigenvalue weighted by atomic mass is 9.98. The zero-order chi connectivity index (χ0) is 19.8. The number of rotatable bonds is 15. The van der Waals surface area contributed by atoms with E-state index >= 15 is 0 Å². The molecule has 0 aromatic heterocycles. The molecule has 0 aliphatic heterocycles. The van der Waals surface area contributed by atoms with E-state index in [4.69, 9.17) is 5.11 Å². The SMILES string of the molecule is CCCCC/C=C\C/C=C\CC(C)(O)/C=C/C(O)C(O)CCCC(=O)O. The van der Waals surface area contributed by atoms with E-state index in [-0.39, 0.29) is 12.8 Å². The van der Waals surface area contributed by atoms with E-state index in [0.29, 0.717) is 12.8 Å². The van der Waals surface area contributed by atoms with Crippen LogP contribution in [0.2, 0.25) is 0 Å². The molecule has 0 aromatic carbocycles. The van der Waals surface area contributed by atoms with Crippen molar-refractivity contribution in [2.24, 2.45) is 0 Å². The predicted molar refractivity (Wildman–Crippen MR) is 105 cm³/mol. The van der Waals surface area contributed by atoms with Crippen molar-refractivity contribution < 1.29 is 25.2 Å². The van der Waals surface area contributed by atoms with Gasteiger partial charge in [-0.1, -0.05) is 56.2 Å². The fourth-order valence-corrected chi connectivity index (χ4v) is 2.36. The minimum absolute atomic E-state index is 0.0386. The molecule has 26 heavy (non-hydrogen) atoms. The molecule has 5 nitrogen and oxygen atoms in total. The number of unbranched alkanes of at least 4 members (excludes halogenated alkanes) is 3. The summed E-state index contributed by atoms with van der Waals surface area (Å²) >= 11 is 0. The van der Waals surface area contributed by atoms with Gasteiger partial charge in [0.1, 0.15) is 0 Å². The van der Waals surface area contributed by atoms with E-state index in [0.717, 1.165) is 12.8 Å². The molecule has 3 atom stereocenters. The van der Waals surface area contributed by atoms with Crippen LogP contribution in [0.4, 0.5) is 0 Å². The van der Waals surface area contributed by atoms with Crippen LogP contribution in [0.15, 0.2) is 36.5 Å². The summed E-state index contributed by atoms with van der Waals surface area (Å²) in [5.74, 6) is -0.923. The number of carboxylic acids is 1. The quantitative estimate of drug-likeness (QED) is 0.261. The van der Waals surface area contributed by atoms with Gasteiger partial charge in [0.05, 0.1) is 17.8 Å². The smallest absolute Gasteiger partial charge is 0.303 e. The Labute approximate surface area is 157 Å². The van der Waals surface area contributed by atoms with E-state index in [9.17, 15) is 20.1 Å². The molecule has 0 saturated carbocycles. The number of allylic oxidation sites excluding steroid dienone is 3. The highest BCUT2D eigenvalue weighted by Gasteiger charge is 2.18. The van der Waals surface area contributed by atoms with Crippen molar-refractivity contribution in [1.29, 1.82) is 0 Å². The number of aliphatic carboxylic acids is 1. The summed E-state index contributed by atoms with van der Waals surface area (Å²) in [6.07, 6.45) is 15.4. The van der Waals surface area contributed by atoms with Gasteiger partial charge in [-0.25, -0.2) is 0 Å². The fraction of sp³-hybridized carbons (Fsp3) is 0.667. The Morgan fingerprint density at radius 1 is 1.08 bits per heavy atom. The Kier molecular flexibility index (Phi) is 13.9. The van der Waals surface area contributed by atoms with Gasteiger partial charge < -0.3 is 20.4 Å². The molecule has 0 amide bonds. The van der Waals surface area contributed by atoms with Crippen LogP contribution in [0.25, 0.3) is 0 Å². The first-order chi connectivity index (χ1) is 12.3. The van der Waals surface area contributed by atoms with Crippen LogP contribution >= 0.6 is 0 Å². The minimum atomic E-state index is -1.12. The van der Waals surface area contributed by atoms with Gasteiger partial charge in [-0.3, -0.25) is 4.79 Å². The van der Waals surface area contributed by atoms with E-state index in [1.165, 1.54) is 31.4 Å². The second-order valence-corrected chi connectivity index (χ2v) is 6.94. The largest absolute Gasteiger partial charge is 0.481 e. The van der Waals surface area contributed by atoms with Gasteiger partial charge in [0.15, 0.2) is 0 Å². The summed E-state index contributed by atoms with van der Waals surface area (Å²) in [6, 6.07) is 0. The number of carboxylic acid groups (broad SMARTS) is 1. The molecular formula is C21H36O5. The maximum atomic E-state index is 10.4. The van der Waals surface area contributed by atoms with Gasteiger partial charge in [-0.05, 0) is 45.4 Å². The van der Waals surface area contributed by atoms with Crippen LogP contribution in [-0.2, 0) is 4.79 Å². The number of hydrogen-bond donors (Lipinski definition) is 4. The topological polar surface area (TPSA) is 98.0 Å². The molecule has 4 N–H and O–H groups in total. The lowest BCUT2D eigenvalue weighted by Crippen LogP contribution is -2.26. The zero-order valence-electron chi connectivity index (χ0n) is 16.2. The van der Waals surface area contributed by atoms with Crippen LogP contribution in [0.3, 0.4) is 0 Å². The second-order valence-electron chi connectivity index (χ2n) is 6.94. The van der Waals surface area contributed by atoms with Crippen molar-refractivity contribution in [2.75, 3.05) is 0 Å². The van der Waals surface area contributed by atoms with Crippen molar-refractivity contribution in [3.05, 3.63) is 36.5 Å². The van der Waals surface area contributed by atoms with Gasteiger partial charge in [-0.2, -0.15) is 0 Å². The van der Waals surface area contributed by atoms with Crippen molar-refractivity contribution in [3.8, 4) is 0 Å².